The molecule has 5 nitrogen and oxygen atoms in total. The highest BCUT2D eigenvalue weighted by molar-refractivity contribution is 8.00. The Morgan fingerprint density at radius 2 is 2.05 bits per heavy atom. The number of hydrogen-bond donors (Lipinski definition) is 2. The average molecular weight is 286 g/mol. The monoisotopic (exact) mass is 286 g/mol. The van der Waals surface area contributed by atoms with Crippen molar-refractivity contribution < 1.29 is 14.7 Å². The molecule has 0 aromatic heterocycles. The van der Waals surface area contributed by atoms with Crippen LogP contribution < -0.4 is 5.32 Å². The molecule has 0 aromatic rings. The quantitative estimate of drug-likeness (QED) is 0.812. The molecule has 0 spiro atoms. The fourth-order valence-electron chi connectivity index (χ4n) is 2.89. The maximum atomic E-state index is 12.3. The first kappa shape index (κ1) is 14.5. The Bertz CT molecular complexity index is 364. The van der Waals surface area contributed by atoms with Gasteiger partial charge in [-0.05, 0) is 19.8 Å². The van der Waals surface area contributed by atoms with E-state index in [9.17, 15) is 9.59 Å². The molecule has 2 fully saturated rings. The molecule has 1 saturated heterocycles. The largest absolute Gasteiger partial charge is 0.481 e. The zero-order valence-electron chi connectivity index (χ0n) is 11.5. The molecule has 1 aliphatic carbocycles. The molecule has 4 atom stereocenters. The SMILES string of the molecule is CC1SCCN(C(=O)NC2CCCC2C(=O)O)C1C. The smallest absolute Gasteiger partial charge is 0.317 e. The Morgan fingerprint density at radius 1 is 1.32 bits per heavy atom. The molecule has 2 N–H and O–H groups in total. The molecule has 108 valence electrons. The third kappa shape index (κ3) is 3.16. The average Bonchev–Trinajstić information content (AvgIpc) is 2.80. The number of carboxylic acids is 1. The number of carboxylic acid groups (broad SMARTS) is 1. The maximum Gasteiger partial charge on any atom is 0.317 e. The number of amides is 2. The maximum absolute atomic E-state index is 12.3. The molecule has 19 heavy (non-hydrogen) atoms. The van der Waals surface area contributed by atoms with Gasteiger partial charge >= 0.3 is 12.0 Å². The van der Waals surface area contributed by atoms with E-state index in [4.69, 9.17) is 5.11 Å². The van der Waals surface area contributed by atoms with Crippen LogP contribution in [0.1, 0.15) is 33.1 Å². The Kier molecular flexibility index (Phi) is 4.60. The highest BCUT2D eigenvalue weighted by Crippen LogP contribution is 2.27. The van der Waals surface area contributed by atoms with Gasteiger partial charge in [-0.2, -0.15) is 11.8 Å². The summed E-state index contributed by atoms with van der Waals surface area (Å²) in [5.41, 5.74) is 0. The van der Waals surface area contributed by atoms with Crippen molar-refractivity contribution in [1.82, 2.24) is 10.2 Å². The zero-order valence-corrected chi connectivity index (χ0v) is 12.3. The molecular weight excluding hydrogens is 264 g/mol. The summed E-state index contributed by atoms with van der Waals surface area (Å²) in [5.74, 6) is -0.263. The van der Waals surface area contributed by atoms with Gasteiger partial charge in [0.2, 0.25) is 0 Å². The molecule has 0 bridgehead atoms. The lowest BCUT2D eigenvalue weighted by Gasteiger charge is -2.38. The highest BCUT2D eigenvalue weighted by Gasteiger charge is 2.36. The van der Waals surface area contributed by atoms with E-state index < -0.39 is 11.9 Å². The van der Waals surface area contributed by atoms with E-state index in [0.29, 0.717) is 11.7 Å². The molecule has 1 aliphatic heterocycles. The van der Waals surface area contributed by atoms with Gasteiger partial charge < -0.3 is 15.3 Å². The van der Waals surface area contributed by atoms with Gasteiger partial charge in [-0.1, -0.05) is 13.3 Å². The molecule has 2 amide bonds. The molecule has 0 aromatic carbocycles. The van der Waals surface area contributed by atoms with Crippen LogP contribution in [0, 0.1) is 5.92 Å². The first-order valence-electron chi connectivity index (χ1n) is 6.92. The van der Waals surface area contributed by atoms with E-state index in [1.54, 1.807) is 0 Å². The molecule has 1 heterocycles. The van der Waals surface area contributed by atoms with Gasteiger partial charge in [0.15, 0.2) is 0 Å². The number of aliphatic carboxylic acids is 1. The number of urea groups is 1. The first-order chi connectivity index (χ1) is 9.00. The van der Waals surface area contributed by atoms with Gasteiger partial charge in [0.1, 0.15) is 0 Å². The number of rotatable bonds is 2. The van der Waals surface area contributed by atoms with Gasteiger partial charge in [-0.25, -0.2) is 4.79 Å². The van der Waals surface area contributed by atoms with E-state index in [1.807, 2.05) is 16.7 Å². The van der Waals surface area contributed by atoms with Gasteiger partial charge in [0, 0.05) is 29.6 Å². The minimum absolute atomic E-state index is 0.0993. The molecule has 6 heteroatoms. The Balaban J connectivity index is 1.95. The van der Waals surface area contributed by atoms with Crippen LogP contribution in [0.3, 0.4) is 0 Å². The van der Waals surface area contributed by atoms with Crippen molar-refractivity contribution in [1.29, 1.82) is 0 Å². The summed E-state index contributed by atoms with van der Waals surface area (Å²) in [5, 5.41) is 12.5. The fourth-order valence-corrected chi connectivity index (χ4v) is 3.99. The minimum Gasteiger partial charge on any atom is -0.481 e. The number of carbonyl (C=O) groups excluding carboxylic acids is 1. The summed E-state index contributed by atoms with van der Waals surface area (Å²) in [6.45, 7) is 4.93. The fraction of sp³-hybridized carbons (Fsp3) is 0.846. The third-order valence-corrected chi connectivity index (χ3v) is 5.62. The number of hydrogen-bond acceptors (Lipinski definition) is 3. The Labute approximate surface area is 118 Å². The second kappa shape index (κ2) is 6.03. The van der Waals surface area contributed by atoms with Crippen molar-refractivity contribution >= 4 is 23.8 Å². The molecular formula is C13H22N2O3S. The first-order valence-corrected chi connectivity index (χ1v) is 7.97. The van der Waals surface area contributed by atoms with Crippen LogP contribution >= 0.6 is 11.8 Å². The summed E-state index contributed by atoms with van der Waals surface area (Å²) in [4.78, 5) is 25.3. The van der Waals surface area contributed by atoms with Gasteiger partial charge in [-0.3, -0.25) is 4.79 Å². The molecule has 0 radical (unpaired) electrons. The van der Waals surface area contributed by atoms with E-state index >= 15 is 0 Å². The van der Waals surface area contributed by atoms with Crippen LogP contribution in [0.5, 0.6) is 0 Å². The Hall–Kier alpha value is -0.910. The molecule has 4 unspecified atom stereocenters. The van der Waals surface area contributed by atoms with Crippen LogP contribution in [0.2, 0.25) is 0 Å². The highest BCUT2D eigenvalue weighted by atomic mass is 32.2. The third-order valence-electron chi connectivity index (χ3n) is 4.29. The summed E-state index contributed by atoms with van der Waals surface area (Å²) < 4.78 is 0. The van der Waals surface area contributed by atoms with E-state index in [0.717, 1.165) is 25.1 Å². The predicted molar refractivity (Wildman–Crippen MR) is 75.4 cm³/mol. The van der Waals surface area contributed by atoms with E-state index in [1.165, 1.54) is 0 Å². The molecule has 2 rings (SSSR count). The van der Waals surface area contributed by atoms with Crippen molar-refractivity contribution in [2.75, 3.05) is 12.3 Å². The minimum atomic E-state index is -0.793. The number of nitrogens with zero attached hydrogens (tertiary/aromatic N) is 1. The van der Waals surface area contributed by atoms with Crippen LogP contribution in [-0.4, -0.2) is 51.6 Å². The van der Waals surface area contributed by atoms with Crippen LogP contribution in [0.4, 0.5) is 4.79 Å². The second-order valence-electron chi connectivity index (χ2n) is 5.44. The summed E-state index contributed by atoms with van der Waals surface area (Å²) >= 11 is 1.88. The van der Waals surface area contributed by atoms with E-state index in [-0.39, 0.29) is 18.1 Å². The van der Waals surface area contributed by atoms with Crippen LogP contribution in [0.15, 0.2) is 0 Å². The summed E-state index contributed by atoms with van der Waals surface area (Å²) in [6.07, 6.45) is 2.32. The van der Waals surface area contributed by atoms with Crippen LogP contribution in [0.25, 0.3) is 0 Å². The Morgan fingerprint density at radius 3 is 2.74 bits per heavy atom. The van der Waals surface area contributed by atoms with E-state index in [2.05, 4.69) is 19.2 Å². The summed E-state index contributed by atoms with van der Waals surface area (Å²) in [6, 6.07) is -0.108. The lowest BCUT2D eigenvalue weighted by atomic mass is 10.0. The van der Waals surface area contributed by atoms with Crippen molar-refractivity contribution in [2.45, 2.75) is 50.4 Å². The van der Waals surface area contributed by atoms with Crippen molar-refractivity contribution in [3.8, 4) is 0 Å². The van der Waals surface area contributed by atoms with Crippen LogP contribution in [-0.2, 0) is 4.79 Å². The topological polar surface area (TPSA) is 69.6 Å². The summed E-state index contributed by atoms with van der Waals surface area (Å²) in [7, 11) is 0. The van der Waals surface area contributed by atoms with Gasteiger partial charge in [0.05, 0.1) is 5.92 Å². The number of carbonyl (C=O) groups is 2. The molecule has 2 aliphatic rings. The number of nitrogens with one attached hydrogen (secondary N) is 1. The number of thioether (sulfide) groups is 1. The zero-order chi connectivity index (χ0) is 14.0. The normalized spacial score (nSPS) is 35.2. The van der Waals surface area contributed by atoms with Crippen molar-refractivity contribution in [3.63, 3.8) is 0 Å². The lowest BCUT2D eigenvalue weighted by Crippen LogP contribution is -2.54. The standard InChI is InChI=1S/C13H22N2O3S/c1-8-9(2)19-7-6-15(8)13(18)14-11-5-3-4-10(11)12(16)17/h8-11H,3-7H2,1-2H3,(H,14,18)(H,16,17). The van der Waals surface area contributed by atoms with Crippen molar-refractivity contribution in [2.24, 2.45) is 5.92 Å². The van der Waals surface area contributed by atoms with Gasteiger partial charge in [0.25, 0.3) is 0 Å². The second-order valence-corrected chi connectivity index (χ2v) is 6.93. The van der Waals surface area contributed by atoms with Gasteiger partial charge in [-0.15, -0.1) is 0 Å². The lowest BCUT2D eigenvalue weighted by molar-refractivity contribution is -0.142. The predicted octanol–water partition coefficient (Wildman–Crippen LogP) is 1.78. The molecule has 1 saturated carbocycles. The van der Waals surface area contributed by atoms with Crippen molar-refractivity contribution in [3.05, 3.63) is 0 Å².